The Morgan fingerprint density at radius 1 is 1.23 bits per heavy atom. The quantitative estimate of drug-likeness (QED) is 0.544. The Morgan fingerprint density at radius 3 is 2.97 bits per heavy atom. The molecule has 9 heteroatoms. The number of ether oxygens (including phenoxy) is 1. The summed E-state index contributed by atoms with van der Waals surface area (Å²) in [6.07, 6.45) is 4.82. The van der Waals surface area contributed by atoms with Gasteiger partial charge in [-0.1, -0.05) is 11.6 Å². The van der Waals surface area contributed by atoms with Gasteiger partial charge in [-0.3, -0.25) is 9.97 Å². The summed E-state index contributed by atoms with van der Waals surface area (Å²) in [6, 6.07) is 8.29. The van der Waals surface area contributed by atoms with Crippen LogP contribution in [0.1, 0.15) is 23.6 Å². The van der Waals surface area contributed by atoms with E-state index < -0.39 is 0 Å². The first-order valence-corrected chi connectivity index (χ1v) is 10.7. The summed E-state index contributed by atoms with van der Waals surface area (Å²) in [6.45, 7) is 3.98. The Balaban J connectivity index is 1.21. The average Bonchev–Trinajstić information content (AvgIpc) is 3.44. The fourth-order valence-corrected chi connectivity index (χ4v) is 3.92. The topological polar surface area (TPSA) is 88.1 Å². The lowest BCUT2D eigenvalue weighted by Crippen LogP contribution is -2.25. The van der Waals surface area contributed by atoms with Crippen LogP contribution in [0.4, 0.5) is 5.82 Å². The summed E-state index contributed by atoms with van der Waals surface area (Å²) >= 11 is 6.33. The molecule has 0 bridgehead atoms. The minimum Gasteiger partial charge on any atom is -0.463 e. The number of nitrogens with zero attached hydrogens (tertiary/aromatic N) is 5. The summed E-state index contributed by atoms with van der Waals surface area (Å²) in [5, 5.41) is 5.76. The molecule has 31 heavy (non-hydrogen) atoms. The molecule has 0 aromatic carbocycles. The molecule has 4 heterocycles. The monoisotopic (exact) mass is 437 g/mol. The van der Waals surface area contributed by atoms with E-state index >= 15 is 0 Å². The highest BCUT2D eigenvalue weighted by Crippen LogP contribution is 2.47. The molecule has 5 rings (SSSR count). The largest absolute Gasteiger partial charge is 0.463 e. The number of halogens is 1. The standard InChI is InChI=1S/C22H24ClN7O/c1-13-20(23)28-22(29-21(13)25-9-14-10-26-30(2)11-14)31-12-15-8-16(15)17-5-6-18-19(27-17)4-3-7-24-18/h3-7,10,15-16,26H,8-9,11-12H2,1-2H3,(H,25,28,29). The first-order chi connectivity index (χ1) is 15.1. The normalized spacial score (nSPS) is 20.4. The van der Waals surface area contributed by atoms with Crippen molar-refractivity contribution in [1.29, 1.82) is 0 Å². The fraction of sp³-hybridized carbons (Fsp3) is 0.364. The van der Waals surface area contributed by atoms with Crippen LogP contribution in [-0.2, 0) is 0 Å². The summed E-state index contributed by atoms with van der Waals surface area (Å²) in [5.74, 6) is 1.48. The molecule has 0 spiro atoms. The van der Waals surface area contributed by atoms with Crippen LogP contribution in [0.15, 0.2) is 42.2 Å². The van der Waals surface area contributed by atoms with Crippen molar-refractivity contribution in [2.24, 2.45) is 5.92 Å². The maximum Gasteiger partial charge on any atom is 0.319 e. The Bertz CT molecular complexity index is 1150. The molecule has 160 valence electrons. The van der Waals surface area contributed by atoms with Crippen LogP contribution in [0, 0.1) is 12.8 Å². The molecule has 1 aliphatic carbocycles. The highest BCUT2D eigenvalue weighted by atomic mass is 35.5. The molecule has 1 saturated carbocycles. The van der Waals surface area contributed by atoms with Gasteiger partial charge >= 0.3 is 6.01 Å². The van der Waals surface area contributed by atoms with Gasteiger partial charge in [-0.15, -0.1) is 0 Å². The number of fused-ring (bicyclic) bond motifs is 1. The number of pyridine rings is 2. The molecule has 2 unspecified atom stereocenters. The summed E-state index contributed by atoms with van der Waals surface area (Å²) in [4.78, 5) is 17.9. The van der Waals surface area contributed by atoms with Crippen molar-refractivity contribution in [2.75, 3.05) is 32.1 Å². The lowest BCUT2D eigenvalue weighted by molar-refractivity contribution is 0.274. The smallest absolute Gasteiger partial charge is 0.319 e. The number of hydrogen-bond acceptors (Lipinski definition) is 8. The van der Waals surface area contributed by atoms with E-state index in [0.29, 0.717) is 42.0 Å². The van der Waals surface area contributed by atoms with Gasteiger partial charge in [0.25, 0.3) is 0 Å². The van der Waals surface area contributed by atoms with Crippen molar-refractivity contribution in [2.45, 2.75) is 19.3 Å². The molecular formula is C22H24ClN7O. The van der Waals surface area contributed by atoms with Crippen LogP contribution >= 0.6 is 11.6 Å². The second kappa shape index (κ2) is 8.28. The molecule has 0 radical (unpaired) electrons. The number of hydrazine groups is 1. The predicted octanol–water partition coefficient (Wildman–Crippen LogP) is 3.31. The third kappa shape index (κ3) is 4.40. The van der Waals surface area contributed by atoms with Gasteiger partial charge in [0.05, 0.1) is 17.6 Å². The molecule has 2 aliphatic rings. The maximum absolute atomic E-state index is 6.33. The first kappa shape index (κ1) is 20.0. The first-order valence-electron chi connectivity index (χ1n) is 10.3. The van der Waals surface area contributed by atoms with E-state index in [-0.39, 0.29) is 0 Å². The molecule has 1 fully saturated rings. The molecule has 1 aliphatic heterocycles. The SMILES string of the molecule is Cc1c(Cl)nc(OCC2CC2c2ccc3ncccc3n2)nc1NCC1=CNN(C)C1. The molecular weight excluding hydrogens is 414 g/mol. The molecule has 0 saturated heterocycles. The van der Waals surface area contributed by atoms with Crippen molar-refractivity contribution in [3.63, 3.8) is 0 Å². The van der Waals surface area contributed by atoms with E-state index in [1.54, 1.807) is 6.20 Å². The van der Waals surface area contributed by atoms with Gasteiger partial charge in [-0.2, -0.15) is 9.97 Å². The highest BCUT2D eigenvalue weighted by molar-refractivity contribution is 6.30. The molecule has 3 aromatic rings. The van der Waals surface area contributed by atoms with Gasteiger partial charge in [0.1, 0.15) is 11.0 Å². The highest BCUT2D eigenvalue weighted by Gasteiger charge is 2.40. The van der Waals surface area contributed by atoms with Crippen molar-refractivity contribution in [3.05, 3.63) is 58.6 Å². The third-order valence-electron chi connectivity index (χ3n) is 5.68. The number of nitrogens with one attached hydrogen (secondary N) is 2. The van der Waals surface area contributed by atoms with Crippen LogP contribution in [0.3, 0.4) is 0 Å². The number of anilines is 1. The van der Waals surface area contributed by atoms with Crippen LogP contribution in [0.5, 0.6) is 6.01 Å². The second-order valence-electron chi connectivity index (χ2n) is 8.10. The average molecular weight is 438 g/mol. The van der Waals surface area contributed by atoms with Crippen molar-refractivity contribution < 1.29 is 4.74 Å². The Kier molecular flexibility index (Phi) is 5.33. The van der Waals surface area contributed by atoms with Gasteiger partial charge in [0.15, 0.2) is 0 Å². The molecule has 3 aromatic heterocycles. The van der Waals surface area contributed by atoms with Crippen LogP contribution < -0.4 is 15.5 Å². The fourth-order valence-electron chi connectivity index (χ4n) is 3.76. The van der Waals surface area contributed by atoms with E-state index in [2.05, 4.69) is 31.8 Å². The number of hydrogen-bond donors (Lipinski definition) is 2. The molecule has 0 amide bonds. The van der Waals surface area contributed by atoms with Gasteiger partial charge in [-0.05, 0) is 43.2 Å². The lowest BCUT2D eigenvalue weighted by atomic mass is 10.2. The van der Waals surface area contributed by atoms with Gasteiger partial charge in [0.2, 0.25) is 0 Å². The molecule has 2 N–H and O–H groups in total. The summed E-state index contributed by atoms with van der Waals surface area (Å²) in [5.41, 5.74) is 8.12. The van der Waals surface area contributed by atoms with Gasteiger partial charge < -0.3 is 15.5 Å². The Morgan fingerprint density at radius 2 is 2.13 bits per heavy atom. The summed E-state index contributed by atoms with van der Waals surface area (Å²) < 4.78 is 5.91. The van der Waals surface area contributed by atoms with Crippen molar-refractivity contribution in [1.82, 2.24) is 30.4 Å². The van der Waals surface area contributed by atoms with E-state index in [0.717, 1.165) is 35.3 Å². The number of likely N-dealkylation sites (N-methyl/N-ethyl adjacent to an activating group) is 1. The van der Waals surface area contributed by atoms with E-state index in [1.807, 2.05) is 43.4 Å². The number of rotatable bonds is 7. The minimum absolute atomic E-state index is 0.301. The minimum atomic E-state index is 0.301. The van der Waals surface area contributed by atoms with Gasteiger partial charge in [0, 0.05) is 55.6 Å². The Hall–Kier alpha value is -2.97. The van der Waals surface area contributed by atoms with E-state index in [1.165, 1.54) is 5.57 Å². The zero-order valence-electron chi connectivity index (χ0n) is 17.5. The van der Waals surface area contributed by atoms with E-state index in [4.69, 9.17) is 21.3 Å². The maximum atomic E-state index is 6.33. The molecule has 8 nitrogen and oxygen atoms in total. The van der Waals surface area contributed by atoms with Crippen molar-refractivity contribution >= 4 is 28.5 Å². The summed E-state index contributed by atoms with van der Waals surface area (Å²) in [7, 11) is 2.00. The number of aromatic nitrogens is 4. The molecule has 2 atom stereocenters. The van der Waals surface area contributed by atoms with Crippen LogP contribution in [0.2, 0.25) is 5.15 Å². The van der Waals surface area contributed by atoms with Crippen LogP contribution in [-0.4, -0.2) is 51.7 Å². The van der Waals surface area contributed by atoms with Crippen LogP contribution in [0.25, 0.3) is 11.0 Å². The zero-order valence-corrected chi connectivity index (χ0v) is 18.2. The second-order valence-corrected chi connectivity index (χ2v) is 8.46. The Labute approximate surface area is 185 Å². The van der Waals surface area contributed by atoms with Crippen molar-refractivity contribution in [3.8, 4) is 6.01 Å². The third-order valence-corrected chi connectivity index (χ3v) is 6.05. The van der Waals surface area contributed by atoms with Gasteiger partial charge in [-0.25, -0.2) is 5.01 Å². The van der Waals surface area contributed by atoms with E-state index in [9.17, 15) is 0 Å². The zero-order chi connectivity index (χ0) is 21.4. The predicted molar refractivity (Wildman–Crippen MR) is 120 cm³/mol. The lowest BCUT2D eigenvalue weighted by Gasteiger charge is -2.13.